The molecular formula is C14H13N3O3S. The molecule has 0 saturated heterocycles. The molecule has 108 valence electrons. The van der Waals surface area contributed by atoms with Crippen LogP contribution in [0.4, 0.5) is 0 Å². The first kappa shape index (κ1) is 13.6. The Hall–Kier alpha value is -2.41. The molecule has 6 nitrogen and oxygen atoms in total. The van der Waals surface area contributed by atoms with Crippen LogP contribution in [-0.4, -0.2) is 25.6 Å². The van der Waals surface area contributed by atoms with Gasteiger partial charge in [0.1, 0.15) is 5.01 Å². The van der Waals surface area contributed by atoms with E-state index in [2.05, 4.69) is 9.97 Å². The lowest BCUT2D eigenvalue weighted by molar-refractivity contribution is 0.0698. The average molecular weight is 303 g/mol. The van der Waals surface area contributed by atoms with Crippen molar-refractivity contribution in [3.63, 3.8) is 0 Å². The number of thiazole rings is 1. The fraction of sp³-hybridized carbons (Fsp3) is 0.214. The number of imidazole rings is 1. The van der Waals surface area contributed by atoms with Gasteiger partial charge in [0.2, 0.25) is 0 Å². The van der Waals surface area contributed by atoms with Crippen molar-refractivity contribution in [1.82, 2.24) is 14.5 Å². The van der Waals surface area contributed by atoms with Crippen LogP contribution in [0.5, 0.6) is 0 Å². The lowest BCUT2D eigenvalue weighted by Crippen LogP contribution is -2.22. The van der Waals surface area contributed by atoms with Crippen molar-refractivity contribution in [1.29, 1.82) is 0 Å². The van der Waals surface area contributed by atoms with E-state index in [-0.39, 0.29) is 17.3 Å². The number of nitrogens with zero attached hydrogens (tertiary/aromatic N) is 2. The number of fused-ring (bicyclic) bond motifs is 1. The van der Waals surface area contributed by atoms with Gasteiger partial charge in [-0.15, -0.1) is 11.3 Å². The molecule has 0 aliphatic carbocycles. The van der Waals surface area contributed by atoms with Gasteiger partial charge >= 0.3 is 11.7 Å². The van der Waals surface area contributed by atoms with E-state index >= 15 is 0 Å². The number of para-hydroxylation sites is 1. The van der Waals surface area contributed by atoms with Gasteiger partial charge in [0.05, 0.1) is 22.6 Å². The third-order valence-corrected chi connectivity index (χ3v) is 4.48. The molecule has 0 spiro atoms. The number of hydrogen-bond donors (Lipinski definition) is 2. The van der Waals surface area contributed by atoms with Gasteiger partial charge in [-0.1, -0.05) is 6.07 Å². The summed E-state index contributed by atoms with van der Waals surface area (Å²) in [6.07, 6.45) is 0. The van der Waals surface area contributed by atoms with Gasteiger partial charge in [-0.05, 0) is 26.0 Å². The van der Waals surface area contributed by atoms with Gasteiger partial charge in [-0.2, -0.15) is 0 Å². The third-order valence-electron chi connectivity index (χ3n) is 3.35. The zero-order valence-electron chi connectivity index (χ0n) is 11.5. The van der Waals surface area contributed by atoms with Crippen molar-refractivity contribution < 1.29 is 9.90 Å². The molecule has 0 fully saturated rings. The highest BCUT2D eigenvalue weighted by Gasteiger charge is 2.21. The highest BCUT2D eigenvalue weighted by atomic mass is 32.1. The maximum Gasteiger partial charge on any atom is 0.337 e. The average Bonchev–Trinajstić information content (AvgIpc) is 3.00. The molecule has 21 heavy (non-hydrogen) atoms. The monoisotopic (exact) mass is 303 g/mol. The van der Waals surface area contributed by atoms with Crippen LogP contribution in [0.15, 0.2) is 28.4 Å². The number of aryl methyl sites for hydroxylation is 1. The molecule has 1 unspecified atom stereocenters. The van der Waals surface area contributed by atoms with Gasteiger partial charge in [0, 0.05) is 11.1 Å². The van der Waals surface area contributed by atoms with E-state index < -0.39 is 5.97 Å². The summed E-state index contributed by atoms with van der Waals surface area (Å²) >= 11 is 1.46. The Balaban J connectivity index is 2.29. The van der Waals surface area contributed by atoms with E-state index in [1.165, 1.54) is 22.0 Å². The Morgan fingerprint density at radius 3 is 2.86 bits per heavy atom. The first-order valence-corrected chi connectivity index (χ1v) is 7.25. The van der Waals surface area contributed by atoms with Crippen molar-refractivity contribution >= 4 is 28.3 Å². The number of aromatic nitrogens is 3. The molecule has 1 atom stereocenters. The zero-order chi connectivity index (χ0) is 15.1. The Morgan fingerprint density at radius 1 is 1.48 bits per heavy atom. The Morgan fingerprint density at radius 2 is 2.24 bits per heavy atom. The molecule has 2 aromatic heterocycles. The summed E-state index contributed by atoms with van der Waals surface area (Å²) in [7, 11) is 0. The molecule has 0 saturated carbocycles. The molecule has 0 amide bonds. The van der Waals surface area contributed by atoms with Crippen LogP contribution in [0.1, 0.15) is 34.0 Å². The molecule has 0 aliphatic heterocycles. The van der Waals surface area contributed by atoms with E-state index in [0.717, 1.165) is 10.7 Å². The number of H-pyrrole nitrogens is 1. The number of aromatic amines is 1. The molecule has 2 N–H and O–H groups in total. The van der Waals surface area contributed by atoms with Crippen molar-refractivity contribution in [3.05, 3.63) is 50.3 Å². The SMILES string of the molecule is Cc1csc(C(C)n2c(=O)[nH]c3cccc(C(=O)O)c32)n1. The molecule has 0 bridgehead atoms. The Kier molecular flexibility index (Phi) is 3.13. The van der Waals surface area contributed by atoms with E-state index in [4.69, 9.17) is 0 Å². The number of carbonyl (C=O) groups is 1. The fourth-order valence-corrected chi connectivity index (χ4v) is 3.24. The number of benzene rings is 1. The lowest BCUT2D eigenvalue weighted by Gasteiger charge is -2.11. The molecule has 7 heteroatoms. The summed E-state index contributed by atoms with van der Waals surface area (Å²) in [6.45, 7) is 3.72. The van der Waals surface area contributed by atoms with Crippen LogP contribution in [0.25, 0.3) is 11.0 Å². The Labute approximate surface area is 123 Å². The number of aromatic carboxylic acids is 1. The molecule has 0 aliphatic rings. The van der Waals surface area contributed by atoms with Crippen LogP contribution >= 0.6 is 11.3 Å². The first-order valence-electron chi connectivity index (χ1n) is 6.37. The van der Waals surface area contributed by atoms with Gasteiger partial charge in [-0.3, -0.25) is 4.57 Å². The molecular weight excluding hydrogens is 290 g/mol. The Bertz CT molecular complexity index is 890. The van der Waals surface area contributed by atoms with E-state index in [9.17, 15) is 14.7 Å². The highest BCUT2D eigenvalue weighted by molar-refractivity contribution is 7.09. The van der Waals surface area contributed by atoms with Crippen molar-refractivity contribution in [2.24, 2.45) is 0 Å². The lowest BCUT2D eigenvalue weighted by atomic mass is 10.1. The topological polar surface area (TPSA) is 88.0 Å². The number of nitrogens with one attached hydrogen (secondary N) is 1. The number of carboxylic acid groups (broad SMARTS) is 1. The van der Waals surface area contributed by atoms with E-state index in [1.54, 1.807) is 12.1 Å². The first-order chi connectivity index (χ1) is 9.99. The van der Waals surface area contributed by atoms with Gasteiger partial charge in [0.25, 0.3) is 0 Å². The molecule has 0 radical (unpaired) electrons. The number of carboxylic acids is 1. The normalized spacial score (nSPS) is 12.7. The fourth-order valence-electron chi connectivity index (χ4n) is 2.40. The quantitative estimate of drug-likeness (QED) is 0.777. The predicted molar refractivity (Wildman–Crippen MR) is 80.2 cm³/mol. The maximum absolute atomic E-state index is 12.2. The highest BCUT2D eigenvalue weighted by Crippen LogP contribution is 2.25. The summed E-state index contributed by atoms with van der Waals surface area (Å²) in [4.78, 5) is 30.7. The minimum absolute atomic E-state index is 0.103. The van der Waals surface area contributed by atoms with Crippen molar-refractivity contribution in [2.45, 2.75) is 19.9 Å². The van der Waals surface area contributed by atoms with Crippen LogP contribution in [0.2, 0.25) is 0 Å². The summed E-state index contributed by atoms with van der Waals surface area (Å²) in [5.74, 6) is -1.06. The minimum Gasteiger partial charge on any atom is -0.478 e. The molecule has 2 heterocycles. The molecule has 3 rings (SSSR count). The molecule has 3 aromatic rings. The largest absolute Gasteiger partial charge is 0.478 e. The number of hydrogen-bond acceptors (Lipinski definition) is 4. The standard InChI is InChI=1S/C14H13N3O3S/c1-7-6-21-12(15-7)8(2)17-11-9(13(18)19)4-3-5-10(11)16-14(17)20/h3-6,8H,1-2H3,(H,16,20)(H,18,19). The van der Waals surface area contributed by atoms with E-state index in [1.807, 2.05) is 19.2 Å². The second-order valence-corrected chi connectivity index (χ2v) is 5.70. The van der Waals surface area contributed by atoms with Crippen molar-refractivity contribution in [2.75, 3.05) is 0 Å². The van der Waals surface area contributed by atoms with Crippen LogP contribution in [-0.2, 0) is 0 Å². The third kappa shape index (κ3) is 2.15. The minimum atomic E-state index is -1.06. The maximum atomic E-state index is 12.2. The second kappa shape index (κ2) is 4.85. The van der Waals surface area contributed by atoms with Crippen molar-refractivity contribution in [3.8, 4) is 0 Å². The molecule has 1 aromatic carbocycles. The van der Waals surface area contributed by atoms with Crippen LogP contribution in [0.3, 0.4) is 0 Å². The summed E-state index contributed by atoms with van der Waals surface area (Å²) < 4.78 is 1.46. The van der Waals surface area contributed by atoms with Gasteiger partial charge in [0.15, 0.2) is 0 Å². The zero-order valence-corrected chi connectivity index (χ0v) is 12.3. The summed E-state index contributed by atoms with van der Waals surface area (Å²) in [5, 5.41) is 12.0. The van der Waals surface area contributed by atoms with Gasteiger partial charge in [-0.25, -0.2) is 14.6 Å². The second-order valence-electron chi connectivity index (χ2n) is 4.81. The predicted octanol–water partition coefficient (Wildman–Crippen LogP) is 2.40. The number of rotatable bonds is 3. The van der Waals surface area contributed by atoms with Crippen LogP contribution in [0, 0.1) is 6.92 Å². The van der Waals surface area contributed by atoms with E-state index in [0.29, 0.717) is 11.0 Å². The van der Waals surface area contributed by atoms with Crippen LogP contribution < -0.4 is 5.69 Å². The van der Waals surface area contributed by atoms with Gasteiger partial charge < -0.3 is 10.1 Å². The summed E-state index contributed by atoms with van der Waals surface area (Å²) in [5.41, 5.74) is 1.56. The summed E-state index contributed by atoms with van der Waals surface area (Å²) in [6, 6.07) is 4.48. The smallest absolute Gasteiger partial charge is 0.337 e.